The van der Waals surface area contributed by atoms with E-state index in [2.05, 4.69) is 26.9 Å². The highest BCUT2D eigenvalue weighted by atomic mass is 16.5. The third-order valence-corrected chi connectivity index (χ3v) is 4.45. The number of ether oxygens (including phenoxy) is 1. The van der Waals surface area contributed by atoms with Crippen LogP contribution in [0.2, 0.25) is 0 Å². The number of fused-ring (bicyclic) bond motifs is 1. The molecule has 0 radical (unpaired) electrons. The molecule has 20 heavy (non-hydrogen) atoms. The average molecular weight is 277 g/mol. The number of nitrogens with zero attached hydrogens (tertiary/aromatic N) is 3. The Balaban J connectivity index is 1.92. The van der Waals surface area contributed by atoms with Gasteiger partial charge in [0, 0.05) is 31.4 Å². The van der Waals surface area contributed by atoms with Crippen molar-refractivity contribution in [2.45, 2.75) is 32.0 Å². The molecule has 1 aromatic heterocycles. The Morgan fingerprint density at radius 3 is 2.85 bits per heavy atom. The number of pyridine rings is 1. The summed E-state index contributed by atoms with van der Waals surface area (Å²) >= 11 is 0. The highest BCUT2D eigenvalue weighted by molar-refractivity contribution is 5.48. The van der Waals surface area contributed by atoms with Crippen LogP contribution in [-0.2, 0) is 11.3 Å². The van der Waals surface area contributed by atoms with E-state index in [0.717, 1.165) is 44.2 Å². The lowest BCUT2D eigenvalue weighted by atomic mass is 10.1. The van der Waals surface area contributed by atoms with Gasteiger partial charge >= 0.3 is 0 Å². The van der Waals surface area contributed by atoms with E-state index >= 15 is 0 Å². The molecule has 5 nitrogen and oxygen atoms in total. The van der Waals surface area contributed by atoms with Crippen molar-refractivity contribution >= 4 is 5.82 Å². The SMILES string of the molecule is Cc1ccc2c(n1)N(C)[C@H](CO)CCN(C1COC1)C2. The Labute approximate surface area is 120 Å². The molecule has 3 heterocycles. The fourth-order valence-electron chi connectivity index (χ4n) is 2.94. The molecule has 1 fully saturated rings. The molecular formula is C15H23N3O2. The van der Waals surface area contributed by atoms with E-state index in [1.165, 1.54) is 5.56 Å². The van der Waals surface area contributed by atoms with Gasteiger partial charge in [-0.25, -0.2) is 4.98 Å². The van der Waals surface area contributed by atoms with Gasteiger partial charge in [0.25, 0.3) is 0 Å². The number of aliphatic hydroxyl groups excluding tert-OH is 1. The molecule has 1 atom stereocenters. The fourth-order valence-corrected chi connectivity index (χ4v) is 2.94. The molecule has 0 unspecified atom stereocenters. The second-order valence-electron chi connectivity index (χ2n) is 5.83. The third-order valence-electron chi connectivity index (χ3n) is 4.45. The van der Waals surface area contributed by atoms with Crippen LogP contribution in [-0.4, -0.2) is 60.5 Å². The van der Waals surface area contributed by atoms with Crippen molar-refractivity contribution in [3.05, 3.63) is 23.4 Å². The molecule has 0 amide bonds. The van der Waals surface area contributed by atoms with Crippen LogP contribution in [0, 0.1) is 6.92 Å². The van der Waals surface area contributed by atoms with Crippen LogP contribution in [0.15, 0.2) is 12.1 Å². The number of aromatic nitrogens is 1. The second kappa shape index (κ2) is 5.68. The highest BCUT2D eigenvalue weighted by Crippen LogP contribution is 2.27. The van der Waals surface area contributed by atoms with Crippen molar-refractivity contribution in [2.24, 2.45) is 0 Å². The minimum absolute atomic E-state index is 0.131. The van der Waals surface area contributed by atoms with Gasteiger partial charge in [0.2, 0.25) is 0 Å². The summed E-state index contributed by atoms with van der Waals surface area (Å²) in [7, 11) is 2.04. The molecule has 3 rings (SSSR count). The summed E-state index contributed by atoms with van der Waals surface area (Å²) in [5, 5.41) is 9.66. The number of aliphatic hydroxyl groups is 1. The van der Waals surface area contributed by atoms with E-state index < -0.39 is 0 Å². The van der Waals surface area contributed by atoms with Gasteiger partial charge in [-0.15, -0.1) is 0 Å². The topological polar surface area (TPSA) is 48.8 Å². The van der Waals surface area contributed by atoms with Crippen LogP contribution in [0.25, 0.3) is 0 Å². The second-order valence-corrected chi connectivity index (χ2v) is 5.83. The zero-order valence-corrected chi connectivity index (χ0v) is 12.2. The Morgan fingerprint density at radius 2 is 2.20 bits per heavy atom. The largest absolute Gasteiger partial charge is 0.394 e. The van der Waals surface area contributed by atoms with E-state index in [1.54, 1.807) is 0 Å². The van der Waals surface area contributed by atoms with Crippen LogP contribution in [0.1, 0.15) is 17.7 Å². The van der Waals surface area contributed by atoms with Gasteiger partial charge in [0.05, 0.1) is 31.9 Å². The molecule has 0 saturated carbocycles. The zero-order chi connectivity index (χ0) is 14.1. The first-order chi connectivity index (χ1) is 9.69. The molecule has 2 aliphatic rings. The molecule has 0 aromatic carbocycles. The molecule has 2 aliphatic heterocycles. The molecule has 0 aliphatic carbocycles. The zero-order valence-electron chi connectivity index (χ0n) is 12.2. The maximum atomic E-state index is 9.66. The van der Waals surface area contributed by atoms with Crippen LogP contribution in [0.5, 0.6) is 0 Å². The first-order valence-electron chi connectivity index (χ1n) is 7.31. The Morgan fingerprint density at radius 1 is 1.40 bits per heavy atom. The summed E-state index contributed by atoms with van der Waals surface area (Å²) in [6, 6.07) is 4.89. The lowest BCUT2D eigenvalue weighted by Gasteiger charge is -2.41. The van der Waals surface area contributed by atoms with E-state index in [0.29, 0.717) is 6.04 Å². The summed E-state index contributed by atoms with van der Waals surface area (Å²) in [4.78, 5) is 9.29. The number of aryl methyl sites for hydroxylation is 1. The Kier molecular flexibility index (Phi) is 3.92. The van der Waals surface area contributed by atoms with Crippen molar-refractivity contribution in [1.82, 2.24) is 9.88 Å². The summed E-state index contributed by atoms with van der Waals surface area (Å²) < 4.78 is 5.32. The van der Waals surface area contributed by atoms with Crippen molar-refractivity contribution in [3.63, 3.8) is 0 Å². The number of anilines is 1. The predicted octanol–water partition coefficient (Wildman–Crippen LogP) is 0.792. The number of rotatable bonds is 2. The molecule has 1 saturated heterocycles. The quantitative estimate of drug-likeness (QED) is 0.866. The maximum absolute atomic E-state index is 9.66. The van der Waals surface area contributed by atoms with E-state index in [9.17, 15) is 5.11 Å². The predicted molar refractivity (Wildman–Crippen MR) is 77.9 cm³/mol. The minimum atomic E-state index is 0.131. The van der Waals surface area contributed by atoms with Crippen LogP contribution in [0.4, 0.5) is 5.82 Å². The maximum Gasteiger partial charge on any atom is 0.133 e. The van der Waals surface area contributed by atoms with Gasteiger partial charge in [-0.2, -0.15) is 0 Å². The summed E-state index contributed by atoms with van der Waals surface area (Å²) in [5.74, 6) is 1.01. The number of likely N-dealkylation sites (N-methyl/N-ethyl adjacent to an activating group) is 1. The van der Waals surface area contributed by atoms with Crippen molar-refractivity contribution in [2.75, 3.05) is 38.3 Å². The van der Waals surface area contributed by atoms with Gasteiger partial charge in [0.1, 0.15) is 5.82 Å². The summed E-state index contributed by atoms with van der Waals surface area (Å²) in [6.45, 7) is 5.75. The molecule has 110 valence electrons. The van der Waals surface area contributed by atoms with E-state index in [1.807, 2.05) is 14.0 Å². The van der Waals surface area contributed by atoms with Gasteiger partial charge in [-0.3, -0.25) is 4.90 Å². The number of hydrogen-bond donors (Lipinski definition) is 1. The van der Waals surface area contributed by atoms with Gasteiger partial charge in [-0.1, -0.05) is 6.07 Å². The molecule has 1 N–H and O–H groups in total. The summed E-state index contributed by atoms with van der Waals surface area (Å²) in [5.41, 5.74) is 2.26. The Hall–Kier alpha value is -1.17. The monoisotopic (exact) mass is 277 g/mol. The third kappa shape index (κ3) is 2.53. The van der Waals surface area contributed by atoms with Gasteiger partial charge in [0.15, 0.2) is 0 Å². The first-order valence-corrected chi connectivity index (χ1v) is 7.31. The molecule has 1 aromatic rings. The van der Waals surface area contributed by atoms with E-state index in [-0.39, 0.29) is 12.6 Å². The van der Waals surface area contributed by atoms with Crippen molar-refractivity contribution in [3.8, 4) is 0 Å². The van der Waals surface area contributed by atoms with Crippen LogP contribution >= 0.6 is 0 Å². The normalized spacial score (nSPS) is 24.8. The average Bonchev–Trinajstić information content (AvgIpc) is 2.37. The molecule has 0 spiro atoms. The fraction of sp³-hybridized carbons (Fsp3) is 0.667. The van der Waals surface area contributed by atoms with Crippen molar-refractivity contribution in [1.29, 1.82) is 0 Å². The highest BCUT2D eigenvalue weighted by Gasteiger charge is 2.30. The molecule has 0 bridgehead atoms. The lowest BCUT2D eigenvalue weighted by molar-refractivity contribution is -0.0693. The lowest BCUT2D eigenvalue weighted by Crippen LogP contribution is -2.51. The first kappa shape index (κ1) is 13.8. The van der Waals surface area contributed by atoms with Gasteiger partial charge in [-0.05, 0) is 19.4 Å². The summed E-state index contributed by atoms with van der Waals surface area (Å²) in [6.07, 6.45) is 0.957. The standard InChI is InChI=1S/C15H23N3O2/c1-11-3-4-12-7-18(14-9-20-10-14)6-5-13(8-19)17(2)15(12)16-11/h3-4,13-14,19H,5-10H2,1-2H3/t13-/m0/s1. The minimum Gasteiger partial charge on any atom is -0.394 e. The van der Waals surface area contributed by atoms with Crippen LogP contribution in [0.3, 0.4) is 0 Å². The van der Waals surface area contributed by atoms with Gasteiger partial charge < -0.3 is 14.7 Å². The molecular weight excluding hydrogens is 254 g/mol. The molecule has 5 heteroatoms. The van der Waals surface area contributed by atoms with E-state index in [4.69, 9.17) is 4.74 Å². The van der Waals surface area contributed by atoms with Crippen molar-refractivity contribution < 1.29 is 9.84 Å². The smallest absolute Gasteiger partial charge is 0.133 e. The Bertz CT molecular complexity index is 476. The van der Waals surface area contributed by atoms with Crippen LogP contribution < -0.4 is 4.90 Å². The number of hydrogen-bond acceptors (Lipinski definition) is 5.